The minimum absolute atomic E-state index is 0.0234. The van der Waals surface area contributed by atoms with Gasteiger partial charge in [-0.15, -0.1) is 0 Å². The van der Waals surface area contributed by atoms with E-state index in [-0.39, 0.29) is 24.0 Å². The van der Waals surface area contributed by atoms with Crippen molar-refractivity contribution in [3.63, 3.8) is 0 Å². The minimum atomic E-state index is -0.562. The summed E-state index contributed by atoms with van der Waals surface area (Å²) in [5.74, 6) is 1.29. The molecule has 4 rings (SSSR count). The molecule has 0 amide bonds. The molecule has 0 unspecified atom stereocenters. The number of allylic oxidation sites excluding steroid dienone is 2. The second-order valence-electron chi connectivity index (χ2n) is 9.88. The first-order chi connectivity index (χ1) is 18.6. The van der Waals surface area contributed by atoms with Crippen molar-refractivity contribution in [2.75, 3.05) is 27.4 Å². The molecule has 0 atom stereocenters. The summed E-state index contributed by atoms with van der Waals surface area (Å²) in [6, 6.07) is 3.37. The van der Waals surface area contributed by atoms with Crippen molar-refractivity contribution in [2.45, 2.75) is 46.6 Å². The Balaban J connectivity index is 2.01. The molecule has 0 bridgehead atoms. The first-order valence-corrected chi connectivity index (χ1v) is 12.8. The zero-order chi connectivity index (χ0) is 28.3. The second kappa shape index (κ2) is 11.3. The fourth-order valence-corrected chi connectivity index (χ4v) is 4.50. The Kier molecular flexibility index (Phi) is 8.04. The highest BCUT2D eigenvalue weighted by Crippen LogP contribution is 2.44. The van der Waals surface area contributed by atoms with Crippen LogP contribution in [0.1, 0.15) is 45.7 Å². The van der Waals surface area contributed by atoms with Crippen LogP contribution in [0.4, 0.5) is 0 Å². The number of rotatable bonds is 9. The molecular formula is C31H34O8. The topological polar surface area (TPSA) is 93.4 Å². The molecule has 8 heteroatoms. The smallest absolute Gasteiger partial charge is 0.330 e. The number of fused-ring (bicyclic) bond motifs is 3. The molecule has 2 aromatic carbocycles. The molecule has 206 valence electrons. The summed E-state index contributed by atoms with van der Waals surface area (Å²) >= 11 is 0. The Morgan fingerprint density at radius 2 is 1.79 bits per heavy atom. The fraction of sp³-hybridized carbons (Fsp3) is 0.355. The van der Waals surface area contributed by atoms with Gasteiger partial charge in [0, 0.05) is 23.8 Å². The molecule has 1 aromatic heterocycles. The lowest BCUT2D eigenvalue weighted by Gasteiger charge is -2.29. The predicted octanol–water partition coefficient (Wildman–Crippen LogP) is 6.15. The Morgan fingerprint density at radius 1 is 1.05 bits per heavy atom. The molecular weight excluding hydrogens is 500 g/mol. The summed E-state index contributed by atoms with van der Waals surface area (Å²) in [6.45, 7) is 9.88. The largest absolute Gasteiger partial charge is 0.493 e. The maximum absolute atomic E-state index is 14.3. The first-order valence-electron chi connectivity index (χ1n) is 12.8. The third-order valence-electron chi connectivity index (χ3n) is 6.26. The van der Waals surface area contributed by atoms with E-state index in [0.717, 1.165) is 5.57 Å². The van der Waals surface area contributed by atoms with E-state index in [1.54, 1.807) is 33.3 Å². The summed E-state index contributed by atoms with van der Waals surface area (Å²) in [6.07, 6.45) is 9.07. The van der Waals surface area contributed by atoms with Crippen LogP contribution >= 0.6 is 0 Å². The molecule has 1 aliphatic heterocycles. The van der Waals surface area contributed by atoms with Crippen LogP contribution in [0.3, 0.4) is 0 Å². The average molecular weight is 535 g/mol. The van der Waals surface area contributed by atoms with Gasteiger partial charge in [-0.3, -0.25) is 4.79 Å². The number of methoxy groups -OCH3 is 2. The molecule has 3 aromatic rings. The van der Waals surface area contributed by atoms with Crippen molar-refractivity contribution in [3.05, 3.63) is 63.4 Å². The quantitative estimate of drug-likeness (QED) is 0.140. The molecule has 1 aliphatic rings. The number of carbonyl (C=O) groups is 1. The van der Waals surface area contributed by atoms with Crippen molar-refractivity contribution in [3.8, 4) is 23.0 Å². The van der Waals surface area contributed by atoms with Gasteiger partial charge in [0.05, 0.1) is 31.8 Å². The molecule has 8 nitrogen and oxygen atoms in total. The Bertz CT molecular complexity index is 1570. The summed E-state index contributed by atoms with van der Waals surface area (Å²) < 4.78 is 34.9. The van der Waals surface area contributed by atoms with E-state index in [4.69, 9.17) is 28.1 Å². The van der Waals surface area contributed by atoms with E-state index < -0.39 is 11.6 Å². The number of carbonyl (C=O) groups excluding carboxylic acids is 1. The van der Waals surface area contributed by atoms with E-state index in [9.17, 15) is 9.59 Å². The number of hydrogen-bond donors (Lipinski definition) is 0. The SMILES string of the molecule is CCOC(=O)/C=C/COc1c2c(cc3oc4cc(OC)c(OC)c(CC=C(C)C)c4c(=O)c13)OC(C)(C)C=C2. The van der Waals surface area contributed by atoms with Gasteiger partial charge in [0.25, 0.3) is 0 Å². The molecule has 0 radical (unpaired) electrons. The lowest BCUT2D eigenvalue weighted by atomic mass is 9.97. The van der Waals surface area contributed by atoms with Gasteiger partial charge in [0.2, 0.25) is 5.43 Å². The van der Waals surface area contributed by atoms with Crippen molar-refractivity contribution in [2.24, 2.45) is 0 Å². The van der Waals surface area contributed by atoms with Crippen molar-refractivity contribution < 1.29 is 32.9 Å². The minimum Gasteiger partial charge on any atom is -0.493 e. The van der Waals surface area contributed by atoms with Gasteiger partial charge in [0.1, 0.15) is 40.3 Å². The van der Waals surface area contributed by atoms with Gasteiger partial charge < -0.3 is 28.1 Å². The van der Waals surface area contributed by atoms with Crippen LogP contribution in [0.15, 0.2) is 51.2 Å². The van der Waals surface area contributed by atoms with Gasteiger partial charge >= 0.3 is 5.97 Å². The van der Waals surface area contributed by atoms with Crippen LogP contribution in [-0.4, -0.2) is 39.0 Å². The van der Waals surface area contributed by atoms with Crippen molar-refractivity contribution in [1.29, 1.82) is 0 Å². The predicted molar refractivity (Wildman–Crippen MR) is 151 cm³/mol. The highest BCUT2D eigenvalue weighted by Gasteiger charge is 2.29. The third kappa shape index (κ3) is 5.65. The van der Waals surface area contributed by atoms with Gasteiger partial charge in [0.15, 0.2) is 11.5 Å². The van der Waals surface area contributed by atoms with E-state index in [1.807, 2.05) is 45.9 Å². The molecule has 0 N–H and O–H groups in total. The highest BCUT2D eigenvalue weighted by molar-refractivity contribution is 5.99. The Labute approximate surface area is 227 Å². The van der Waals surface area contributed by atoms with Crippen molar-refractivity contribution in [1.82, 2.24) is 0 Å². The van der Waals surface area contributed by atoms with E-state index in [0.29, 0.717) is 57.1 Å². The maximum Gasteiger partial charge on any atom is 0.330 e. The number of hydrogen-bond acceptors (Lipinski definition) is 8. The van der Waals surface area contributed by atoms with Gasteiger partial charge in [-0.05, 0) is 59.3 Å². The number of benzene rings is 2. The fourth-order valence-electron chi connectivity index (χ4n) is 4.50. The van der Waals surface area contributed by atoms with Gasteiger partial charge in [-0.1, -0.05) is 11.6 Å². The summed E-state index contributed by atoms with van der Waals surface area (Å²) in [4.78, 5) is 26.0. The molecule has 0 aliphatic carbocycles. The molecule has 0 spiro atoms. The maximum atomic E-state index is 14.3. The van der Waals surface area contributed by atoms with Gasteiger partial charge in [-0.25, -0.2) is 4.79 Å². The van der Waals surface area contributed by atoms with Crippen LogP contribution in [0, 0.1) is 0 Å². The summed E-state index contributed by atoms with van der Waals surface area (Å²) in [5.41, 5.74) is 2.20. The molecule has 2 heterocycles. The molecule has 0 saturated heterocycles. The molecule has 0 saturated carbocycles. The first kappa shape index (κ1) is 27.8. The van der Waals surface area contributed by atoms with E-state index in [1.165, 1.54) is 12.2 Å². The third-order valence-corrected chi connectivity index (χ3v) is 6.26. The van der Waals surface area contributed by atoms with Crippen molar-refractivity contribution >= 4 is 34.0 Å². The van der Waals surface area contributed by atoms with Crippen LogP contribution in [0.25, 0.3) is 28.0 Å². The van der Waals surface area contributed by atoms with E-state index in [2.05, 4.69) is 0 Å². The standard InChI is InChI=1S/C31H34O8/c1-8-36-25(32)10-9-15-37-30-19-13-14-31(4,5)39-21(19)16-23-27(30)28(33)26-20(12-11-18(2)3)29(35-7)24(34-6)17-22(26)38-23/h9-11,13-14,16-17H,8,12,15H2,1-7H3/b10-9+. The van der Waals surface area contributed by atoms with Crippen LogP contribution in [0.5, 0.6) is 23.0 Å². The number of esters is 1. The van der Waals surface area contributed by atoms with Gasteiger partial charge in [-0.2, -0.15) is 0 Å². The van der Waals surface area contributed by atoms with Crippen LogP contribution < -0.4 is 24.4 Å². The Morgan fingerprint density at radius 3 is 2.46 bits per heavy atom. The summed E-state index contributed by atoms with van der Waals surface area (Å²) in [5, 5.41) is 0.648. The number of ether oxygens (including phenoxy) is 5. The Hall–Kier alpha value is -4.20. The van der Waals surface area contributed by atoms with Crippen LogP contribution in [-0.2, 0) is 16.0 Å². The van der Waals surface area contributed by atoms with E-state index >= 15 is 0 Å². The average Bonchev–Trinajstić information content (AvgIpc) is 2.87. The molecule has 0 fully saturated rings. The second-order valence-corrected chi connectivity index (χ2v) is 9.88. The zero-order valence-corrected chi connectivity index (χ0v) is 23.4. The molecule has 39 heavy (non-hydrogen) atoms. The van der Waals surface area contributed by atoms with Crippen LogP contribution in [0.2, 0.25) is 0 Å². The normalized spacial score (nSPS) is 13.7. The highest BCUT2D eigenvalue weighted by atomic mass is 16.5. The summed E-state index contributed by atoms with van der Waals surface area (Å²) in [7, 11) is 3.09. The lowest BCUT2D eigenvalue weighted by molar-refractivity contribution is -0.137. The monoisotopic (exact) mass is 534 g/mol. The zero-order valence-electron chi connectivity index (χ0n) is 23.4. The lowest BCUT2D eigenvalue weighted by Crippen LogP contribution is -2.27.